The zero-order chi connectivity index (χ0) is 20.2. The number of nitrogens with two attached hydrogens (primary N) is 1. The lowest BCUT2D eigenvalue weighted by Gasteiger charge is -2.17. The van der Waals surface area contributed by atoms with Gasteiger partial charge >= 0.3 is 0 Å². The highest BCUT2D eigenvalue weighted by Gasteiger charge is 2.35. The minimum Gasteiger partial charge on any atom is -0.368 e. The highest BCUT2D eigenvalue weighted by molar-refractivity contribution is 5.98. The Morgan fingerprint density at radius 1 is 1.10 bits per heavy atom. The zero-order valence-electron chi connectivity index (χ0n) is 16.4. The van der Waals surface area contributed by atoms with Crippen LogP contribution in [0.4, 0.5) is 5.69 Å². The summed E-state index contributed by atoms with van der Waals surface area (Å²) in [5, 5.41) is 2.87. The summed E-state index contributed by atoms with van der Waals surface area (Å²) in [5.41, 5.74) is 8.41. The van der Waals surface area contributed by atoms with E-state index in [-0.39, 0.29) is 23.7 Å². The average molecular weight is 393 g/mol. The van der Waals surface area contributed by atoms with Gasteiger partial charge in [-0.3, -0.25) is 9.59 Å². The van der Waals surface area contributed by atoms with Gasteiger partial charge in [-0.1, -0.05) is 36.4 Å². The van der Waals surface area contributed by atoms with E-state index in [0.717, 1.165) is 12.8 Å². The van der Waals surface area contributed by atoms with Gasteiger partial charge in [0.05, 0.1) is 0 Å². The van der Waals surface area contributed by atoms with Crippen LogP contribution in [-0.2, 0) is 9.53 Å². The van der Waals surface area contributed by atoms with E-state index < -0.39 is 6.10 Å². The number of rotatable bonds is 5. The first-order valence-corrected chi connectivity index (χ1v) is 10.2. The van der Waals surface area contributed by atoms with Crippen molar-refractivity contribution in [2.45, 2.75) is 24.9 Å². The van der Waals surface area contributed by atoms with Crippen LogP contribution in [0, 0.1) is 5.92 Å². The second-order valence-corrected chi connectivity index (χ2v) is 7.79. The van der Waals surface area contributed by atoms with Crippen molar-refractivity contribution >= 4 is 17.5 Å². The van der Waals surface area contributed by atoms with E-state index in [9.17, 15) is 9.59 Å². The Morgan fingerprint density at radius 3 is 2.66 bits per heavy atom. The average Bonchev–Trinajstić information content (AvgIpc) is 3.44. The number of hydrogen-bond donors (Lipinski definition) is 2. The third-order valence-corrected chi connectivity index (χ3v) is 5.86. The first-order valence-electron chi connectivity index (χ1n) is 10.2. The Bertz CT molecular complexity index is 865. The fourth-order valence-corrected chi connectivity index (χ4v) is 4.27. The van der Waals surface area contributed by atoms with Crippen molar-refractivity contribution < 1.29 is 14.3 Å². The Hall–Kier alpha value is -2.70. The van der Waals surface area contributed by atoms with Crippen molar-refractivity contribution in [1.82, 2.24) is 4.90 Å². The van der Waals surface area contributed by atoms with Crippen molar-refractivity contribution in [2.24, 2.45) is 11.7 Å². The zero-order valence-corrected chi connectivity index (χ0v) is 16.4. The van der Waals surface area contributed by atoms with Crippen molar-refractivity contribution in [3.8, 4) is 0 Å². The molecule has 29 heavy (non-hydrogen) atoms. The van der Waals surface area contributed by atoms with Gasteiger partial charge in [-0.15, -0.1) is 0 Å². The van der Waals surface area contributed by atoms with Crippen molar-refractivity contribution in [1.29, 1.82) is 0 Å². The number of ether oxygens (including phenoxy) is 1. The number of carbonyl (C=O) groups excluding carboxylic acids is 2. The smallest absolute Gasteiger partial charge is 0.253 e. The van der Waals surface area contributed by atoms with E-state index in [4.69, 9.17) is 10.5 Å². The van der Waals surface area contributed by atoms with Gasteiger partial charge in [-0.25, -0.2) is 0 Å². The highest BCUT2D eigenvalue weighted by Crippen LogP contribution is 2.33. The Labute approximate surface area is 171 Å². The molecule has 2 heterocycles. The molecular weight excluding hydrogens is 366 g/mol. The SMILES string of the molecule is NC[C@@H]1CN(C(=O)c2cccc(NC(=O)C3CCCO3)c2)C[C@H]1c1ccccc1. The molecule has 2 fully saturated rings. The summed E-state index contributed by atoms with van der Waals surface area (Å²) in [6.07, 6.45) is 1.24. The molecule has 1 unspecified atom stereocenters. The number of nitrogens with one attached hydrogen (secondary N) is 1. The van der Waals surface area contributed by atoms with Crippen LogP contribution in [0.3, 0.4) is 0 Å². The molecule has 0 radical (unpaired) electrons. The van der Waals surface area contributed by atoms with Crippen LogP contribution in [0.5, 0.6) is 0 Å². The lowest BCUT2D eigenvalue weighted by molar-refractivity contribution is -0.124. The number of likely N-dealkylation sites (tertiary alicyclic amines) is 1. The molecule has 2 amide bonds. The third kappa shape index (κ3) is 4.33. The van der Waals surface area contributed by atoms with E-state index >= 15 is 0 Å². The summed E-state index contributed by atoms with van der Waals surface area (Å²) in [7, 11) is 0. The minimum absolute atomic E-state index is 0.0323. The van der Waals surface area contributed by atoms with Crippen LogP contribution in [0.1, 0.15) is 34.7 Å². The molecule has 2 aromatic carbocycles. The monoisotopic (exact) mass is 393 g/mol. The number of hydrogen-bond acceptors (Lipinski definition) is 4. The maximum Gasteiger partial charge on any atom is 0.253 e. The number of amides is 2. The van der Waals surface area contributed by atoms with Crippen LogP contribution in [0.15, 0.2) is 54.6 Å². The molecule has 3 N–H and O–H groups in total. The summed E-state index contributed by atoms with van der Waals surface area (Å²) in [6, 6.07) is 17.4. The van der Waals surface area contributed by atoms with Crippen LogP contribution in [0.2, 0.25) is 0 Å². The molecule has 2 aromatic rings. The molecule has 0 aliphatic carbocycles. The van der Waals surface area contributed by atoms with Gasteiger partial charge in [-0.2, -0.15) is 0 Å². The summed E-state index contributed by atoms with van der Waals surface area (Å²) < 4.78 is 5.42. The number of anilines is 1. The van der Waals surface area contributed by atoms with E-state index in [2.05, 4.69) is 17.4 Å². The molecule has 6 nitrogen and oxygen atoms in total. The van der Waals surface area contributed by atoms with Crippen LogP contribution >= 0.6 is 0 Å². The minimum atomic E-state index is -0.398. The number of carbonyl (C=O) groups is 2. The molecule has 152 valence electrons. The van der Waals surface area contributed by atoms with Crippen LogP contribution < -0.4 is 11.1 Å². The van der Waals surface area contributed by atoms with Crippen LogP contribution in [-0.4, -0.2) is 49.1 Å². The van der Waals surface area contributed by atoms with Crippen LogP contribution in [0.25, 0.3) is 0 Å². The first-order chi connectivity index (χ1) is 14.2. The van der Waals surface area contributed by atoms with E-state index in [1.54, 1.807) is 24.3 Å². The molecule has 2 saturated heterocycles. The lowest BCUT2D eigenvalue weighted by atomic mass is 9.89. The standard InChI is InChI=1S/C23H27N3O3/c24-13-18-14-26(15-20(18)16-6-2-1-3-7-16)23(28)17-8-4-9-19(12-17)25-22(27)21-10-5-11-29-21/h1-4,6-9,12,18,20-21H,5,10-11,13-15,24H2,(H,25,27)/t18-,20+,21?/m1/s1. The molecule has 2 aliphatic rings. The summed E-state index contributed by atoms with van der Waals surface area (Å²) >= 11 is 0. The fraction of sp³-hybridized carbons (Fsp3) is 0.391. The molecule has 6 heteroatoms. The maximum atomic E-state index is 13.1. The second kappa shape index (κ2) is 8.76. The van der Waals surface area contributed by atoms with Crippen molar-refractivity contribution in [2.75, 3.05) is 31.6 Å². The highest BCUT2D eigenvalue weighted by atomic mass is 16.5. The molecule has 3 atom stereocenters. The molecule has 0 saturated carbocycles. The van der Waals surface area contributed by atoms with E-state index in [1.165, 1.54) is 5.56 Å². The van der Waals surface area contributed by atoms with E-state index in [0.29, 0.717) is 37.5 Å². The number of benzene rings is 2. The molecule has 2 aliphatic heterocycles. The van der Waals surface area contributed by atoms with Gasteiger partial charge < -0.3 is 20.7 Å². The van der Waals surface area contributed by atoms with E-state index in [1.807, 2.05) is 23.1 Å². The van der Waals surface area contributed by atoms with Gasteiger partial charge in [0.25, 0.3) is 11.8 Å². The topological polar surface area (TPSA) is 84.7 Å². The lowest BCUT2D eigenvalue weighted by Crippen LogP contribution is -2.30. The Balaban J connectivity index is 1.46. The summed E-state index contributed by atoms with van der Waals surface area (Å²) in [5.74, 6) is 0.298. The maximum absolute atomic E-state index is 13.1. The Kier molecular flexibility index (Phi) is 5.92. The predicted octanol–water partition coefficient (Wildman–Crippen LogP) is 2.62. The normalized spacial score (nSPS) is 23.9. The fourth-order valence-electron chi connectivity index (χ4n) is 4.27. The quantitative estimate of drug-likeness (QED) is 0.818. The van der Waals surface area contributed by atoms with Crippen molar-refractivity contribution in [3.05, 3.63) is 65.7 Å². The third-order valence-electron chi connectivity index (χ3n) is 5.86. The molecular formula is C23H27N3O3. The second-order valence-electron chi connectivity index (χ2n) is 7.79. The van der Waals surface area contributed by atoms with Gasteiger partial charge in [0.15, 0.2) is 0 Å². The van der Waals surface area contributed by atoms with Crippen molar-refractivity contribution in [3.63, 3.8) is 0 Å². The number of nitrogens with zero attached hydrogens (tertiary/aromatic N) is 1. The summed E-state index contributed by atoms with van der Waals surface area (Å²) in [4.78, 5) is 27.3. The molecule has 4 rings (SSSR count). The first kappa shape index (κ1) is 19.6. The van der Waals surface area contributed by atoms with Gasteiger partial charge in [0, 0.05) is 36.9 Å². The van der Waals surface area contributed by atoms with Gasteiger partial charge in [0.1, 0.15) is 6.10 Å². The van der Waals surface area contributed by atoms with Gasteiger partial charge in [0.2, 0.25) is 0 Å². The Morgan fingerprint density at radius 2 is 1.93 bits per heavy atom. The predicted molar refractivity (Wildman–Crippen MR) is 112 cm³/mol. The van der Waals surface area contributed by atoms with Gasteiger partial charge in [-0.05, 0) is 49.1 Å². The molecule has 0 bridgehead atoms. The molecule has 0 aromatic heterocycles. The molecule has 0 spiro atoms. The summed E-state index contributed by atoms with van der Waals surface area (Å²) in [6.45, 7) is 2.45. The largest absolute Gasteiger partial charge is 0.368 e.